The molecule has 0 saturated carbocycles. The predicted molar refractivity (Wildman–Crippen MR) is 70.7 cm³/mol. The van der Waals surface area contributed by atoms with Crippen molar-refractivity contribution in [1.82, 2.24) is 4.42 Å². The second kappa shape index (κ2) is 6.51. The summed E-state index contributed by atoms with van der Waals surface area (Å²) in [6.07, 6.45) is 2.36. The highest BCUT2D eigenvalue weighted by molar-refractivity contribution is 6.13. The molecule has 16 heavy (non-hydrogen) atoms. The van der Waals surface area contributed by atoms with Gasteiger partial charge in [-0.2, -0.15) is 0 Å². The molecule has 0 atom stereocenters. The zero-order chi connectivity index (χ0) is 12.0. The van der Waals surface area contributed by atoms with Crippen LogP contribution >= 0.6 is 11.8 Å². The third kappa shape index (κ3) is 4.21. The van der Waals surface area contributed by atoms with Crippen LogP contribution in [0.25, 0.3) is 0 Å². The lowest BCUT2D eigenvalue weighted by molar-refractivity contribution is 0.535. The number of hydrogen-bond acceptors (Lipinski definition) is 3. The van der Waals surface area contributed by atoms with Crippen molar-refractivity contribution in [2.75, 3.05) is 25.5 Å². The van der Waals surface area contributed by atoms with E-state index >= 15 is 0 Å². The van der Waals surface area contributed by atoms with Gasteiger partial charge < -0.3 is 10.7 Å². The molecular weight excluding hydrogens is 222 g/mol. The van der Waals surface area contributed by atoms with Crippen LogP contribution in [-0.4, -0.2) is 30.8 Å². The van der Waals surface area contributed by atoms with Gasteiger partial charge in [-0.1, -0.05) is 11.6 Å². The molecule has 4 heteroatoms. The average molecular weight is 240 g/mol. The fourth-order valence-electron chi connectivity index (χ4n) is 1.48. The van der Waals surface area contributed by atoms with Gasteiger partial charge in [0, 0.05) is 37.6 Å². The van der Waals surface area contributed by atoms with Gasteiger partial charge in [0.15, 0.2) is 0 Å². The molecule has 1 aromatic rings. The van der Waals surface area contributed by atoms with E-state index in [1.54, 1.807) is 4.42 Å². The maximum Gasteiger partial charge on any atom is 0.0429 e. The van der Waals surface area contributed by atoms with E-state index in [9.17, 15) is 0 Å². The van der Waals surface area contributed by atoms with Crippen LogP contribution in [-0.2, 0) is 0 Å². The molecule has 0 amide bonds. The summed E-state index contributed by atoms with van der Waals surface area (Å²) in [7, 11) is 1.84. The van der Waals surface area contributed by atoms with Crippen LogP contribution in [0.4, 0.5) is 5.69 Å². The summed E-state index contributed by atoms with van der Waals surface area (Å²) in [5.74, 6) is 0. The van der Waals surface area contributed by atoms with Crippen LogP contribution in [0.3, 0.4) is 0 Å². The van der Waals surface area contributed by atoms with Crippen molar-refractivity contribution >= 4 is 23.7 Å². The molecule has 0 aliphatic carbocycles. The van der Waals surface area contributed by atoms with E-state index < -0.39 is 0 Å². The highest BCUT2D eigenvalue weighted by atomic mass is 35.5. The molecule has 0 spiro atoms. The minimum absolute atomic E-state index is 0.848. The van der Waals surface area contributed by atoms with E-state index in [2.05, 4.69) is 5.32 Å². The van der Waals surface area contributed by atoms with Crippen molar-refractivity contribution < 1.29 is 0 Å². The minimum atomic E-state index is 0.848. The maximum absolute atomic E-state index is 7.34. The number of nitrogens with zero attached hydrogens (tertiary/aromatic N) is 1. The van der Waals surface area contributed by atoms with E-state index in [-0.39, 0.29) is 0 Å². The first-order chi connectivity index (χ1) is 7.63. The highest BCUT2D eigenvalue weighted by Gasteiger charge is 1.99. The lowest BCUT2D eigenvalue weighted by Gasteiger charge is -2.11. The van der Waals surface area contributed by atoms with E-state index in [4.69, 9.17) is 17.2 Å². The van der Waals surface area contributed by atoms with Crippen LogP contribution in [0, 0.1) is 12.3 Å². The molecule has 0 unspecified atom stereocenters. The Hall–Kier alpha value is -1.06. The van der Waals surface area contributed by atoms with E-state index in [0.717, 1.165) is 30.8 Å². The van der Waals surface area contributed by atoms with Crippen molar-refractivity contribution in [2.45, 2.75) is 13.3 Å². The third-order valence-electron chi connectivity index (χ3n) is 2.32. The van der Waals surface area contributed by atoms with Crippen LogP contribution < -0.4 is 5.32 Å². The maximum atomic E-state index is 7.34. The largest absolute Gasteiger partial charge is 0.384 e. The molecule has 1 rings (SSSR count). The van der Waals surface area contributed by atoms with Crippen molar-refractivity contribution in [3.8, 4) is 0 Å². The monoisotopic (exact) mass is 239 g/mol. The molecule has 0 saturated heterocycles. The fraction of sp³-hybridized carbons (Fsp3) is 0.417. The molecule has 3 nitrogen and oxygen atoms in total. The lowest BCUT2D eigenvalue weighted by Crippen LogP contribution is -2.12. The van der Waals surface area contributed by atoms with Gasteiger partial charge >= 0.3 is 0 Å². The Balaban J connectivity index is 2.50. The summed E-state index contributed by atoms with van der Waals surface area (Å²) >= 11 is 5.71. The molecule has 88 valence electrons. The Morgan fingerprint density at radius 3 is 2.88 bits per heavy atom. The molecule has 0 radical (unpaired) electrons. The Bertz CT molecular complexity index is 350. The summed E-state index contributed by atoms with van der Waals surface area (Å²) in [6.45, 7) is 3.74. The number of rotatable bonds is 6. The van der Waals surface area contributed by atoms with Crippen LogP contribution in [0.1, 0.15) is 17.5 Å². The minimum Gasteiger partial charge on any atom is -0.384 e. The van der Waals surface area contributed by atoms with Crippen molar-refractivity contribution in [2.24, 2.45) is 0 Å². The SMILES string of the molecule is Cc1ccc(NCCCN(C)Cl)c(C=N)c1. The molecular formula is C12H18ClN3. The first-order valence-electron chi connectivity index (χ1n) is 5.35. The molecule has 0 fully saturated rings. The summed E-state index contributed by atoms with van der Waals surface area (Å²) in [4.78, 5) is 0. The smallest absolute Gasteiger partial charge is 0.0429 e. The average Bonchev–Trinajstić information content (AvgIpc) is 2.25. The zero-order valence-electron chi connectivity index (χ0n) is 9.76. The van der Waals surface area contributed by atoms with Gasteiger partial charge in [-0.15, -0.1) is 0 Å². The van der Waals surface area contributed by atoms with Crippen molar-refractivity contribution in [3.05, 3.63) is 29.3 Å². The van der Waals surface area contributed by atoms with Gasteiger partial charge in [-0.25, -0.2) is 4.42 Å². The van der Waals surface area contributed by atoms with Gasteiger partial charge in [-0.3, -0.25) is 0 Å². The first kappa shape index (κ1) is 13.0. The van der Waals surface area contributed by atoms with Crippen LogP contribution in [0.2, 0.25) is 0 Å². The Labute approximate surface area is 102 Å². The second-order valence-electron chi connectivity index (χ2n) is 3.84. The number of anilines is 1. The van der Waals surface area contributed by atoms with Crippen LogP contribution in [0.15, 0.2) is 18.2 Å². The predicted octanol–water partition coefficient (Wildman–Crippen LogP) is 2.88. The number of benzene rings is 1. The number of halogens is 1. The highest BCUT2D eigenvalue weighted by Crippen LogP contribution is 2.15. The van der Waals surface area contributed by atoms with Gasteiger partial charge in [-0.05, 0) is 37.3 Å². The molecule has 1 aromatic carbocycles. The number of hydrogen-bond donors (Lipinski definition) is 2. The van der Waals surface area contributed by atoms with Crippen molar-refractivity contribution in [1.29, 1.82) is 5.41 Å². The second-order valence-corrected chi connectivity index (χ2v) is 4.42. The molecule has 0 aliphatic heterocycles. The molecule has 2 N–H and O–H groups in total. The standard InChI is InChI=1S/C12H18ClN3/c1-10-4-5-12(11(8-10)9-14)15-6-3-7-16(2)13/h4-5,8-9,14-15H,3,6-7H2,1-2H3. The summed E-state index contributed by atoms with van der Waals surface area (Å²) in [5, 5.41) is 10.6. The van der Waals surface area contributed by atoms with E-state index in [1.807, 2.05) is 32.2 Å². The van der Waals surface area contributed by atoms with Gasteiger partial charge in [0.1, 0.15) is 0 Å². The first-order valence-corrected chi connectivity index (χ1v) is 5.69. The van der Waals surface area contributed by atoms with Crippen molar-refractivity contribution in [3.63, 3.8) is 0 Å². The van der Waals surface area contributed by atoms with Gasteiger partial charge in [0.2, 0.25) is 0 Å². The topological polar surface area (TPSA) is 39.1 Å². The summed E-state index contributed by atoms with van der Waals surface area (Å²) < 4.78 is 1.65. The zero-order valence-corrected chi connectivity index (χ0v) is 10.5. The lowest BCUT2D eigenvalue weighted by atomic mass is 10.1. The molecule has 0 aromatic heterocycles. The molecule has 0 aliphatic rings. The molecule has 0 heterocycles. The number of aryl methyl sites for hydroxylation is 1. The Morgan fingerprint density at radius 2 is 2.25 bits per heavy atom. The van der Waals surface area contributed by atoms with E-state index in [0.29, 0.717) is 0 Å². The van der Waals surface area contributed by atoms with E-state index in [1.165, 1.54) is 11.8 Å². The van der Waals surface area contributed by atoms with Crippen LogP contribution in [0.5, 0.6) is 0 Å². The molecule has 0 bridgehead atoms. The normalized spacial score (nSPS) is 10.5. The third-order valence-corrected chi connectivity index (χ3v) is 2.49. The Kier molecular flexibility index (Phi) is 5.29. The Morgan fingerprint density at radius 1 is 1.50 bits per heavy atom. The summed E-state index contributed by atoms with van der Waals surface area (Å²) in [6, 6.07) is 6.06. The van der Waals surface area contributed by atoms with Gasteiger partial charge in [0.05, 0.1) is 0 Å². The number of nitrogens with one attached hydrogen (secondary N) is 2. The quantitative estimate of drug-likeness (QED) is 0.455. The fourth-order valence-corrected chi connectivity index (χ4v) is 1.60. The van der Waals surface area contributed by atoms with Gasteiger partial charge in [0.25, 0.3) is 0 Å². The summed E-state index contributed by atoms with van der Waals surface area (Å²) in [5.41, 5.74) is 3.11.